The molecule has 0 saturated carbocycles. The molecule has 2 atom stereocenters. The Morgan fingerprint density at radius 2 is 1.88 bits per heavy atom. The van der Waals surface area contributed by atoms with Gasteiger partial charge in [0.15, 0.2) is 0 Å². The zero-order valence-electron chi connectivity index (χ0n) is 9.60. The monoisotopic (exact) mass is 248 g/mol. The Hall–Kier alpha value is -1.83. The first-order valence-electron chi connectivity index (χ1n) is 4.90. The van der Waals surface area contributed by atoms with Crippen molar-refractivity contribution in [3.63, 3.8) is 0 Å². The van der Waals surface area contributed by atoms with E-state index in [1.165, 1.54) is 14.0 Å². The van der Waals surface area contributed by atoms with Crippen LogP contribution < -0.4 is 10.6 Å². The standard InChI is InChI=1S/C9H16N2O6/c1-5(8(15)17-2)10-9(16)11-6(3-4-12)7(13)14/h5-6,12H,3-4H2,1-2H3,(H,13,14)(H2,10,11,16). The normalized spacial score (nSPS) is 13.4. The molecule has 0 spiro atoms. The summed E-state index contributed by atoms with van der Waals surface area (Å²) >= 11 is 0. The number of esters is 1. The van der Waals surface area contributed by atoms with Crippen molar-refractivity contribution in [2.24, 2.45) is 0 Å². The highest BCUT2D eigenvalue weighted by molar-refractivity contribution is 5.86. The lowest BCUT2D eigenvalue weighted by molar-refractivity contribution is -0.142. The van der Waals surface area contributed by atoms with Gasteiger partial charge in [-0.2, -0.15) is 0 Å². The van der Waals surface area contributed by atoms with E-state index in [1.54, 1.807) is 0 Å². The number of aliphatic hydroxyl groups excluding tert-OH is 1. The van der Waals surface area contributed by atoms with Crippen LogP contribution >= 0.6 is 0 Å². The summed E-state index contributed by atoms with van der Waals surface area (Å²) in [5.74, 6) is -1.91. The summed E-state index contributed by atoms with van der Waals surface area (Å²) < 4.78 is 4.38. The number of ether oxygens (including phenoxy) is 1. The van der Waals surface area contributed by atoms with Gasteiger partial charge >= 0.3 is 18.0 Å². The highest BCUT2D eigenvalue weighted by atomic mass is 16.5. The summed E-state index contributed by atoms with van der Waals surface area (Å²) in [5.41, 5.74) is 0. The van der Waals surface area contributed by atoms with Crippen molar-refractivity contribution in [1.82, 2.24) is 10.6 Å². The van der Waals surface area contributed by atoms with Crippen molar-refractivity contribution in [3.8, 4) is 0 Å². The molecule has 8 heteroatoms. The van der Waals surface area contributed by atoms with Gasteiger partial charge in [-0.1, -0.05) is 0 Å². The third-order valence-corrected chi connectivity index (χ3v) is 1.92. The van der Waals surface area contributed by atoms with Gasteiger partial charge in [0, 0.05) is 13.0 Å². The van der Waals surface area contributed by atoms with E-state index in [0.717, 1.165) is 0 Å². The molecule has 0 aliphatic carbocycles. The molecular weight excluding hydrogens is 232 g/mol. The van der Waals surface area contributed by atoms with Crippen LogP contribution in [0.5, 0.6) is 0 Å². The Bertz CT molecular complexity index is 293. The van der Waals surface area contributed by atoms with E-state index in [2.05, 4.69) is 15.4 Å². The van der Waals surface area contributed by atoms with Crippen LogP contribution in [0.25, 0.3) is 0 Å². The number of urea groups is 1. The van der Waals surface area contributed by atoms with Crippen molar-refractivity contribution in [1.29, 1.82) is 0 Å². The number of rotatable bonds is 6. The Kier molecular flexibility index (Phi) is 6.64. The second-order valence-corrected chi connectivity index (χ2v) is 3.27. The molecule has 8 nitrogen and oxygen atoms in total. The van der Waals surface area contributed by atoms with Gasteiger partial charge in [-0.05, 0) is 6.92 Å². The maximum absolute atomic E-state index is 11.3. The Labute approximate surface area is 97.9 Å². The van der Waals surface area contributed by atoms with E-state index in [4.69, 9.17) is 10.2 Å². The number of carboxylic acids is 1. The van der Waals surface area contributed by atoms with Crippen LogP contribution in [0.15, 0.2) is 0 Å². The second kappa shape index (κ2) is 7.44. The molecule has 0 aromatic heterocycles. The highest BCUT2D eigenvalue weighted by Crippen LogP contribution is 1.92. The van der Waals surface area contributed by atoms with Crippen LogP contribution in [-0.4, -0.2) is 54.0 Å². The molecule has 0 saturated heterocycles. The summed E-state index contributed by atoms with van der Waals surface area (Å²) in [7, 11) is 1.17. The molecule has 0 radical (unpaired) electrons. The van der Waals surface area contributed by atoms with E-state index < -0.39 is 30.1 Å². The molecule has 0 fully saturated rings. The lowest BCUT2D eigenvalue weighted by Gasteiger charge is -2.16. The van der Waals surface area contributed by atoms with Crippen molar-refractivity contribution in [3.05, 3.63) is 0 Å². The predicted molar refractivity (Wildman–Crippen MR) is 56.3 cm³/mol. The summed E-state index contributed by atoms with van der Waals surface area (Å²) in [6.07, 6.45) is -0.116. The molecule has 0 aliphatic heterocycles. The maximum Gasteiger partial charge on any atom is 0.328 e. The summed E-state index contributed by atoms with van der Waals surface area (Å²) in [6, 6.07) is -2.91. The van der Waals surface area contributed by atoms with Crippen LogP contribution in [0, 0.1) is 0 Å². The minimum Gasteiger partial charge on any atom is -0.480 e. The fourth-order valence-electron chi connectivity index (χ4n) is 1.02. The smallest absolute Gasteiger partial charge is 0.328 e. The van der Waals surface area contributed by atoms with Gasteiger partial charge in [0.05, 0.1) is 7.11 Å². The zero-order chi connectivity index (χ0) is 13.4. The average molecular weight is 248 g/mol. The minimum atomic E-state index is -1.26. The Balaban J connectivity index is 4.23. The molecular formula is C9H16N2O6. The van der Waals surface area contributed by atoms with Crippen LogP contribution in [0.3, 0.4) is 0 Å². The largest absolute Gasteiger partial charge is 0.480 e. The number of nitrogens with one attached hydrogen (secondary N) is 2. The molecule has 0 aromatic carbocycles. The number of hydrogen-bond donors (Lipinski definition) is 4. The molecule has 2 unspecified atom stereocenters. The Morgan fingerprint density at radius 3 is 2.29 bits per heavy atom. The molecule has 0 aliphatic rings. The van der Waals surface area contributed by atoms with Crippen LogP contribution in [-0.2, 0) is 14.3 Å². The van der Waals surface area contributed by atoms with E-state index in [9.17, 15) is 14.4 Å². The SMILES string of the molecule is COC(=O)C(C)NC(=O)NC(CCO)C(=O)O. The molecule has 17 heavy (non-hydrogen) atoms. The number of carboxylic acid groups (broad SMARTS) is 1. The number of carbonyl (C=O) groups excluding carboxylic acids is 2. The molecule has 2 amide bonds. The molecule has 0 rings (SSSR count). The zero-order valence-corrected chi connectivity index (χ0v) is 9.60. The van der Waals surface area contributed by atoms with E-state index in [1.807, 2.05) is 0 Å². The average Bonchev–Trinajstić information content (AvgIpc) is 2.26. The first-order chi connectivity index (χ1) is 7.92. The number of methoxy groups -OCH3 is 1. The molecule has 0 heterocycles. The van der Waals surface area contributed by atoms with Gasteiger partial charge in [0.1, 0.15) is 12.1 Å². The fourth-order valence-corrected chi connectivity index (χ4v) is 1.02. The van der Waals surface area contributed by atoms with E-state index in [-0.39, 0.29) is 13.0 Å². The summed E-state index contributed by atoms with van der Waals surface area (Å²) in [6.45, 7) is 1.02. The second-order valence-electron chi connectivity index (χ2n) is 3.27. The van der Waals surface area contributed by atoms with Crippen LogP contribution in [0.2, 0.25) is 0 Å². The van der Waals surface area contributed by atoms with Gasteiger partial charge in [-0.3, -0.25) is 0 Å². The summed E-state index contributed by atoms with van der Waals surface area (Å²) in [5, 5.41) is 21.6. The van der Waals surface area contributed by atoms with Crippen molar-refractivity contribution < 1.29 is 29.3 Å². The number of hydrogen-bond acceptors (Lipinski definition) is 5. The molecule has 0 aromatic rings. The van der Waals surface area contributed by atoms with Crippen molar-refractivity contribution in [2.45, 2.75) is 25.4 Å². The third kappa shape index (κ3) is 5.71. The fraction of sp³-hybridized carbons (Fsp3) is 0.667. The van der Waals surface area contributed by atoms with Gasteiger partial charge in [-0.15, -0.1) is 0 Å². The number of aliphatic carboxylic acids is 1. The molecule has 0 bridgehead atoms. The van der Waals surface area contributed by atoms with Crippen LogP contribution in [0.1, 0.15) is 13.3 Å². The molecule has 98 valence electrons. The Morgan fingerprint density at radius 1 is 1.29 bits per heavy atom. The maximum atomic E-state index is 11.3. The van der Waals surface area contributed by atoms with Crippen molar-refractivity contribution in [2.75, 3.05) is 13.7 Å². The molecule has 4 N–H and O–H groups in total. The first kappa shape index (κ1) is 15.2. The van der Waals surface area contributed by atoms with E-state index in [0.29, 0.717) is 0 Å². The first-order valence-corrected chi connectivity index (χ1v) is 4.90. The lowest BCUT2D eigenvalue weighted by atomic mass is 10.2. The van der Waals surface area contributed by atoms with E-state index >= 15 is 0 Å². The third-order valence-electron chi connectivity index (χ3n) is 1.92. The van der Waals surface area contributed by atoms with Gasteiger partial charge in [0.25, 0.3) is 0 Å². The number of amides is 2. The van der Waals surface area contributed by atoms with Gasteiger partial charge in [-0.25, -0.2) is 14.4 Å². The van der Waals surface area contributed by atoms with Crippen LogP contribution in [0.4, 0.5) is 4.79 Å². The van der Waals surface area contributed by atoms with Crippen molar-refractivity contribution >= 4 is 18.0 Å². The predicted octanol–water partition coefficient (Wildman–Crippen LogP) is -1.32. The van der Waals surface area contributed by atoms with Gasteiger partial charge < -0.3 is 25.6 Å². The minimum absolute atomic E-state index is 0.116. The quantitative estimate of drug-likeness (QED) is 0.432. The summed E-state index contributed by atoms with van der Waals surface area (Å²) in [4.78, 5) is 32.9. The topological polar surface area (TPSA) is 125 Å². The number of carbonyl (C=O) groups is 3. The van der Waals surface area contributed by atoms with Gasteiger partial charge in [0.2, 0.25) is 0 Å². The number of aliphatic hydroxyl groups is 1. The lowest BCUT2D eigenvalue weighted by Crippen LogP contribution is -2.50. The highest BCUT2D eigenvalue weighted by Gasteiger charge is 2.21.